The van der Waals surface area contributed by atoms with E-state index in [9.17, 15) is 4.79 Å². The molecule has 5 nitrogen and oxygen atoms in total. The molecule has 0 bridgehead atoms. The number of aryl methyl sites for hydroxylation is 2. The molecule has 0 aliphatic carbocycles. The van der Waals surface area contributed by atoms with E-state index < -0.39 is 0 Å². The molecule has 0 radical (unpaired) electrons. The van der Waals surface area contributed by atoms with Crippen LogP contribution < -0.4 is 5.43 Å². The number of carbonyl (C=O) groups excluding carboxylic acids is 1. The number of nitrogens with zero attached hydrogens (tertiary/aromatic N) is 3. The maximum absolute atomic E-state index is 12.1. The zero-order valence-corrected chi connectivity index (χ0v) is 16.6. The van der Waals surface area contributed by atoms with Gasteiger partial charge >= 0.3 is 0 Å². The van der Waals surface area contributed by atoms with Crippen LogP contribution in [0.3, 0.4) is 0 Å². The van der Waals surface area contributed by atoms with Crippen molar-refractivity contribution in [3.63, 3.8) is 0 Å². The summed E-state index contributed by atoms with van der Waals surface area (Å²) in [5.41, 5.74) is 6.26. The Balaban J connectivity index is 1.90. The molecule has 1 aromatic heterocycles. The fourth-order valence-corrected chi connectivity index (χ4v) is 3.33. The van der Waals surface area contributed by atoms with Crippen LogP contribution in [0.25, 0.3) is 0 Å². The second-order valence-electron chi connectivity index (χ2n) is 6.21. The molecule has 0 saturated carbocycles. The van der Waals surface area contributed by atoms with E-state index >= 15 is 0 Å². The zero-order chi connectivity index (χ0) is 18.9. The van der Waals surface area contributed by atoms with Crippen LogP contribution in [-0.2, 0) is 5.75 Å². The van der Waals surface area contributed by atoms with Gasteiger partial charge in [0, 0.05) is 28.9 Å². The van der Waals surface area contributed by atoms with E-state index in [0.29, 0.717) is 11.5 Å². The molecule has 2 aromatic rings. The van der Waals surface area contributed by atoms with Crippen molar-refractivity contribution in [1.82, 2.24) is 15.4 Å². The Hall–Kier alpha value is -2.21. The highest BCUT2D eigenvalue weighted by Crippen LogP contribution is 2.20. The Morgan fingerprint density at radius 2 is 1.77 bits per heavy atom. The lowest BCUT2D eigenvalue weighted by molar-refractivity contribution is 0.0955. The van der Waals surface area contributed by atoms with Crippen molar-refractivity contribution in [1.29, 1.82) is 0 Å². The summed E-state index contributed by atoms with van der Waals surface area (Å²) < 4.78 is 0. The Kier molecular flexibility index (Phi) is 7.78. The topological polar surface area (TPSA) is 67.2 Å². The Morgan fingerprint density at radius 3 is 2.35 bits per heavy atom. The van der Waals surface area contributed by atoms with Gasteiger partial charge in [-0.1, -0.05) is 37.7 Å². The van der Waals surface area contributed by atoms with Gasteiger partial charge in [-0.15, -0.1) is 0 Å². The van der Waals surface area contributed by atoms with E-state index in [1.165, 1.54) is 0 Å². The van der Waals surface area contributed by atoms with Crippen LogP contribution in [0, 0.1) is 19.8 Å². The van der Waals surface area contributed by atoms with Gasteiger partial charge in [0.1, 0.15) is 0 Å². The summed E-state index contributed by atoms with van der Waals surface area (Å²) in [5, 5.41) is 4.84. The van der Waals surface area contributed by atoms with E-state index in [4.69, 9.17) is 0 Å². The van der Waals surface area contributed by atoms with Crippen molar-refractivity contribution >= 4 is 23.9 Å². The minimum atomic E-state index is -0.191. The SMILES string of the molecule is CCC(/C=N/NC(=O)c1ccc(CSc2nc(C)cc(C)n2)cc1)CC. The minimum Gasteiger partial charge on any atom is -0.267 e. The van der Waals surface area contributed by atoms with Crippen molar-refractivity contribution in [2.75, 3.05) is 0 Å². The number of hydrogen-bond acceptors (Lipinski definition) is 5. The summed E-state index contributed by atoms with van der Waals surface area (Å²) in [4.78, 5) is 21.0. The first-order valence-corrected chi connectivity index (χ1v) is 9.88. The van der Waals surface area contributed by atoms with Gasteiger partial charge in [-0.2, -0.15) is 5.10 Å². The van der Waals surface area contributed by atoms with Gasteiger partial charge in [0.25, 0.3) is 5.91 Å². The third-order valence-electron chi connectivity index (χ3n) is 4.05. The van der Waals surface area contributed by atoms with Crippen molar-refractivity contribution in [3.8, 4) is 0 Å². The van der Waals surface area contributed by atoms with Gasteiger partial charge in [-0.3, -0.25) is 4.79 Å². The van der Waals surface area contributed by atoms with Crippen LogP contribution in [0.2, 0.25) is 0 Å². The smallest absolute Gasteiger partial charge is 0.267 e. The van der Waals surface area contributed by atoms with E-state index in [1.807, 2.05) is 50.4 Å². The molecule has 1 amide bonds. The summed E-state index contributed by atoms with van der Waals surface area (Å²) in [6, 6.07) is 9.51. The van der Waals surface area contributed by atoms with Gasteiger partial charge in [-0.05, 0) is 56.4 Å². The minimum absolute atomic E-state index is 0.191. The molecule has 0 atom stereocenters. The van der Waals surface area contributed by atoms with Crippen LogP contribution in [-0.4, -0.2) is 22.1 Å². The highest BCUT2D eigenvalue weighted by molar-refractivity contribution is 7.98. The monoisotopic (exact) mass is 370 g/mol. The molecule has 1 N–H and O–H groups in total. The van der Waals surface area contributed by atoms with Crippen molar-refractivity contribution in [2.45, 2.75) is 51.4 Å². The number of benzene rings is 1. The van der Waals surface area contributed by atoms with E-state index in [0.717, 1.165) is 40.7 Å². The molecule has 26 heavy (non-hydrogen) atoms. The number of thioether (sulfide) groups is 1. The van der Waals surface area contributed by atoms with Gasteiger partial charge in [0.15, 0.2) is 5.16 Å². The lowest BCUT2D eigenvalue weighted by Crippen LogP contribution is -2.18. The molecule has 138 valence electrons. The summed E-state index contributed by atoms with van der Waals surface area (Å²) in [7, 11) is 0. The second kappa shape index (κ2) is 10.1. The van der Waals surface area contributed by atoms with Gasteiger partial charge < -0.3 is 0 Å². The first-order valence-electron chi connectivity index (χ1n) is 8.89. The molecule has 2 rings (SSSR count). The van der Waals surface area contributed by atoms with E-state index in [-0.39, 0.29) is 5.91 Å². The average molecular weight is 371 g/mol. The van der Waals surface area contributed by atoms with Crippen LogP contribution in [0.1, 0.15) is 54.0 Å². The molecule has 1 heterocycles. The lowest BCUT2D eigenvalue weighted by Gasteiger charge is -2.06. The van der Waals surface area contributed by atoms with Gasteiger partial charge in [0.05, 0.1) is 0 Å². The average Bonchev–Trinajstić information content (AvgIpc) is 2.63. The highest BCUT2D eigenvalue weighted by atomic mass is 32.2. The summed E-state index contributed by atoms with van der Waals surface area (Å²) in [5.74, 6) is 0.976. The first kappa shape index (κ1) is 20.1. The fourth-order valence-electron chi connectivity index (χ4n) is 2.42. The standard InChI is InChI=1S/C20H26N4OS/c1-5-16(6-2)12-21-24-19(25)18-9-7-17(8-10-18)13-26-20-22-14(3)11-15(4)23-20/h7-12,16H,5-6,13H2,1-4H3,(H,24,25)/b21-12+. The number of rotatable bonds is 8. The van der Waals surface area contributed by atoms with Crippen molar-refractivity contribution < 1.29 is 4.79 Å². The van der Waals surface area contributed by atoms with Crippen LogP contribution in [0.4, 0.5) is 0 Å². The number of carbonyl (C=O) groups is 1. The fraction of sp³-hybridized carbons (Fsp3) is 0.400. The van der Waals surface area contributed by atoms with E-state index in [2.05, 4.69) is 34.3 Å². The summed E-state index contributed by atoms with van der Waals surface area (Å²) >= 11 is 1.59. The number of nitrogens with one attached hydrogen (secondary N) is 1. The summed E-state index contributed by atoms with van der Waals surface area (Å²) in [6.07, 6.45) is 3.85. The Bertz CT molecular complexity index is 735. The number of hydrogen-bond donors (Lipinski definition) is 1. The van der Waals surface area contributed by atoms with Gasteiger partial charge in [0.2, 0.25) is 0 Å². The molecule has 0 saturated heterocycles. The highest BCUT2D eigenvalue weighted by Gasteiger charge is 2.06. The van der Waals surface area contributed by atoms with Crippen LogP contribution in [0.15, 0.2) is 40.6 Å². The van der Waals surface area contributed by atoms with Crippen molar-refractivity contribution in [3.05, 3.63) is 52.8 Å². The molecular formula is C20H26N4OS. The molecule has 1 aromatic carbocycles. The molecule has 0 aliphatic rings. The van der Waals surface area contributed by atoms with E-state index in [1.54, 1.807) is 11.8 Å². The predicted octanol–water partition coefficient (Wildman–Crippen LogP) is 4.54. The number of amides is 1. The molecular weight excluding hydrogens is 344 g/mol. The molecule has 0 unspecified atom stereocenters. The second-order valence-corrected chi connectivity index (χ2v) is 7.16. The third-order valence-corrected chi connectivity index (χ3v) is 4.96. The normalized spacial score (nSPS) is 11.3. The molecule has 0 fully saturated rings. The van der Waals surface area contributed by atoms with Crippen molar-refractivity contribution in [2.24, 2.45) is 11.0 Å². The third kappa shape index (κ3) is 6.26. The summed E-state index contributed by atoms with van der Waals surface area (Å²) in [6.45, 7) is 8.17. The quantitative estimate of drug-likeness (QED) is 0.321. The van der Waals surface area contributed by atoms with Gasteiger partial charge in [-0.25, -0.2) is 15.4 Å². The first-order chi connectivity index (χ1) is 12.5. The number of aromatic nitrogens is 2. The largest absolute Gasteiger partial charge is 0.271 e. The molecule has 0 spiro atoms. The molecule has 0 aliphatic heterocycles. The Labute approximate surface area is 159 Å². The Morgan fingerprint density at radius 1 is 1.15 bits per heavy atom. The van der Waals surface area contributed by atoms with Crippen LogP contribution in [0.5, 0.6) is 0 Å². The number of hydrazone groups is 1. The predicted molar refractivity (Wildman–Crippen MR) is 108 cm³/mol. The maximum atomic E-state index is 12.1. The zero-order valence-electron chi connectivity index (χ0n) is 15.8. The molecule has 6 heteroatoms. The maximum Gasteiger partial charge on any atom is 0.271 e. The lowest BCUT2D eigenvalue weighted by atomic mass is 10.1. The van der Waals surface area contributed by atoms with Crippen LogP contribution >= 0.6 is 11.8 Å².